The Morgan fingerprint density at radius 2 is 1.75 bits per heavy atom. The van der Waals surface area contributed by atoms with E-state index in [4.69, 9.17) is 0 Å². The summed E-state index contributed by atoms with van der Waals surface area (Å²) >= 11 is 0. The van der Waals surface area contributed by atoms with E-state index in [1.54, 1.807) is 0 Å². The van der Waals surface area contributed by atoms with Gasteiger partial charge in [0.15, 0.2) is 0 Å². The van der Waals surface area contributed by atoms with Gasteiger partial charge in [0.2, 0.25) is 0 Å². The van der Waals surface area contributed by atoms with E-state index in [0.717, 1.165) is 12.3 Å². The minimum Gasteiger partial charge on any atom is -0.0950 e. The van der Waals surface area contributed by atoms with E-state index in [9.17, 15) is 0 Å². The monoisotopic (exact) mass is 214 g/mol. The van der Waals surface area contributed by atoms with Crippen LogP contribution in [0.3, 0.4) is 0 Å². The highest BCUT2D eigenvalue weighted by Crippen LogP contribution is 2.34. The summed E-state index contributed by atoms with van der Waals surface area (Å²) in [5.74, 6) is 0.737. The molecule has 1 aromatic carbocycles. The summed E-state index contributed by atoms with van der Waals surface area (Å²) in [6.07, 6.45) is 7.99. The predicted molar refractivity (Wildman–Crippen MR) is 71.4 cm³/mol. The first-order chi connectivity index (χ1) is 7.81. The number of rotatable bonds is 3. The average Bonchev–Trinajstić information content (AvgIpc) is 2.39. The van der Waals surface area contributed by atoms with Gasteiger partial charge >= 0.3 is 0 Å². The van der Waals surface area contributed by atoms with Crippen LogP contribution in [0.5, 0.6) is 0 Å². The van der Waals surface area contributed by atoms with E-state index in [1.807, 2.05) is 0 Å². The molecule has 0 unspecified atom stereocenters. The maximum absolute atomic E-state index is 4.30. The van der Waals surface area contributed by atoms with Gasteiger partial charge < -0.3 is 0 Å². The van der Waals surface area contributed by atoms with E-state index in [1.165, 1.54) is 48.8 Å². The Labute approximate surface area is 99.4 Å². The summed E-state index contributed by atoms with van der Waals surface area (Å²) in [7, 11) is 0. The van der Waals surface area contributed by atoms with Crippen molar-refractivity contribution in [3.63, 3.8) is 0 Å². The summed E-state index contributed by atoms with van der Waals surface area (Å²) in [5.41, 5.74) is 4.13. The third-order valence-corrected chi connectivity index (χ3v) is 3.83. The summed E-state index contributed by atoms with van der Waals surface area (Å²) in [5, 5.41) is 0. The third kappa shape index (κ3) is 2.55. The number of allylic oxidation sites excluding steroid dienone is 1. The lowest BCUT2D eigenvalue weighted by Gasteiger charge is -2.24. The highest BCUT2D eigenvalue weighted by molar-refractivity contribution is 5.65. The summed E-state index contributed by atoms with van der Waals surface area (Å²) < 4.78 is 0. The first-order valence-electron chi connectivity index (χ1n) is 6.59. The molecule has 1 aliphatic rings. The van der Waals surface area contributed by atoms with E-state index in [-0.39, 0.29) is 0 Å². The van der Waals surface area contributed by atoms with Crippen LogP contribution >= 0.6 is 0 Å². The molecule has 1 fully saturated rings. The van der Waals surface area contributed by atoms with Gasteiger partial charge in [-0.2, -0.15) is 0 Å². The van der Waals surface area contributed by atoms with Crippen molar-refractivity contribution in [2.45, 2.75) is 45.4 Å². The van der Waals surface area contributed by atoms with Crippen LogP contribution in [-0.4, -0.2) is 0 Å². The first-order valence-corrected chi connectivity index (χ1v) is 6.59. The smallest absolute Gasteiger partial charge is 0.0162 e. The van der Waals surface area contributed by atoms with Crippen LogP contribution in [0.15, 0.2) is 30.8 Å². The number of hydrogen-bond donors (Lipinski definition) is 0. The maximum atomic E-state index is 4.30. The van der Waals surface area contributed by atoms with E-state index in [2.05, 4.69) is 37.8 Å². The number of hydrogen-bond acceptors (Lipinski definition) is 0. The van der Waals surface area contributed by atoms with Gasteiger partial charge in [-0.05, 0) is 41.9 Å². The zero-order valence-electron chi connectivity index (χ0n) is 10.3. The second kappa shape index (κ2) is 5.34. The molecule has 1 saturated carbocycles. The van der Waals surface area contributed by atoms with Crippen LogP contribution in [0, 0.1) is 5.92 Å². The lowest BCUT2D eigenvalue weighted by Crippen LogP contribution is -2.07. The third-order valence-electron chi connectivity index (χ3n) is 3.83. The number of aryl methyl sites for hydroxylation is 1. The van der Waals surface area contributed by atoms with Crippen molar-refractivity contribution in [1.29, 1.82) is 0 Å². The SMILES string of the molecule is C=C(c1ccc(CC)cc1)C1CCCCC1. The van der Waals surface area contributed by atoms with Crippen LogP contribution in [0.25, 0.3) is 5.57 Å². The second-order valence-electron chi connectivity index (χ2n) is 4.91. The van der Waals surface area contributed by atoms with Crippen molar-refractivity contribution in [2.24, 2.45) is 5.92 Å². The Morgan fingerprint density at radius 1 is 1.12 bits per heavy atom. The molecule has 0 N–H and O–H groups in total. The largest absolute Gasteiger partial charge is 0.0950 e. The second-order valence-corrected chi connectivity index (χ2v) is 4.91. The van der Waals surface area contributed by atoms with Crippen molar-refractivity contribution >= 4 is 5.57 Å². The molecule has 0 aromatic heterocycles. The van der Waals surface area contributed by atoms with Crippen molar-refractivity contribution in [2.75, 3.05) is 0 Å². The van der Waals surface area contributed by atoms with Crippen molar-refractivity contribution in [3.05, 3.63) is 42.0 Å². The van der Waals surface area contributed by atoms with Crippen LogP contribution < -0.4 is 0 Å². The highest BCUT2D eigenvalue weighted by Gasteiger charge is 2.17. The summed E-state index contributed by atoms with van der Waals surface area (Å²) in [4.78, 5) is 0. The molecule has 0 heteroatoms. The fraction of sp³-hybridized carbons (Fsp3) is 0.500. The van der Waals surface area contributed by atoms with Gasteiger partial charge in [-0.25, -0.2) is 0 Å². The highest BCUT2D eigenvalue weighted by atomic mass is 14.2. The van der Waals surface area contributed by atoms with Crippen LogP contribution in [-0.2, 0) is 6.42 Å². The average molecular weight is 214 g/mol. The molecule has 0 bridgehead atoms. The lowest BCUT2D eigenvalue weighted by atomic mass is 9.81. The zero-order valence-corrected chi connectivity index (χ0v) is 10.3. The molecule has 0 atom stereocenters. The molecule has 1 aromatic rings. The maximum Gasteiger partial charge on any atom is -0.0162 e. The zero-order chi connectivity index (χ0) is 11.4. The molecule has 2 rings (SSSR count). The molecule has 0 aliphatic heterocycles. The van der Waals surface area contributed by atoms with Gasteiger partial charge in [0.25, 0.3) is 0 Å². The molecule has 0 saturated heterocycles. The van der Waals surface area contributed by atoms with Gasteiger partial charge in [-0.1, -0.05) is 57.0 Å². The quantitative estimate of drug-likeness (QED) is 0.675. The van der Waals surface area contributed by atoms with Gasteiger partial charge in [0.1, 0.15) is 0 Å². The molecular formula is C16H22. The molecule has 0 heterocycles. The molecule has 0 radical (unpaired) electrons. The Bertz CT molecular complexity index is 339. The standard InChI is InChI=1S/C16H22/c1-3-14-9-11-16(12-10-14)13(2)15-7-5-4-6-8-15/h9-12,15H,2-8H2,1H3. The van der Waals surface area contributed by atoms with Gasteiger partial charge in [-0.15, -0.1) is 0 Å². The van der Waals surface area contributed by atoms with Crippen LogP contribution in [0.2, 0.25) is 0 Å². The first kappa shape index (κ1) is 11.4. The van der Waals surface area contributed by atoms with Crippen molar-refractivity contribution in [3.8, 4) is 0 Å². The fourth-order valence-corrected chi connectivity index (χ4v) is 2.64. The van der Waals surface area contributed by atoms with E-state index in [0.29, 0.717) is 0 Å². The van der Waals surface area contributed by atoms with Gasteiger partial charge in [0, 0.05) is 0 Å². The molecule has 16 heavy (non-hydrogen) atoms. The summed E-state index contributed by atoms with van der Waals surface area (Å²) in [6, 6.07) is 8.97. The minimum atomic E-state index is 0.737. The van der Waals surface area contributed by atoms with Gasteiger partial charge in [0.05, 0.1) is 0 Å². The van der Waals surface area contributed by atoms with E-state index < -0.39 is 0 Å². The summed E-state index contributed by atoms with van der Waals surface area (Å²) in [6.45, 7) is 6.50. The Kier molecular flexibility index (Phi) is 3.82. The van der Waals surface area contributed by atoms with Crippen molar-refractivity contribution < 1.29 is 0 Å². The van der Waals surface area contributed by atoms with Crippen LogP contribution in [0.1, 0.15) is 50.2 Å². The molecule has 0 spiro atoms. The Hall–Kier alpha value is -1.04. The molecular weight excluding hydrogens is 192 g/mol. The Morgan fingerprint density at radius 3 is 2.31 bits per heavy atom. The topological polar surface area (TPSA) is 0 Å². The molecule has 0 nitrogen and oxygen atoms in total. The number of benzene rings is 1. The van der Waals surface area contributed by atoms with Crippen molar-refractivity contribution in [1.82, 2.24) is 0 Å². The lowest BCUT2D eigenvalue weighted by molar-refractivity contribution is 0.430. The van der Waals surface area contributed by atoms with E-state index >= 15 is 0 Å². The fourth-order valence-electron chi connectivity index (χ4n) is 2.64. The molecule has 86 valence electrons. The normalized spacial score (nSPS) is 17.3. The predicted octanol–water partition coefficient (Wildman–Crippen LogP) is 4.84. The van der Waals surface area contributed by atoms with Crippen LogP contribution in [0.4, 0.5) is 0 Å². The minimum absolute atomic E-state index is 0.737. The van der Waals surface area contributed by atoms with Gasteiger partial charge in [-0.3, -0.25) is 0 Å². The molecule has 0 amide bonds. The molecule has 1 aliphatic carbocycles. The Balaban J connectivity index is 2.07.